The smallest absolute Gasteiger partial charge is 0.331 e. The molecule has 0 aliphatic carbocycles. The van der Waals surface area contributed by atoms with Gasteiger partial charge in [0.15, 0.2) is 5.82 Å². The monoisotopic (exact) mass is 255 g/mol. The van der Waals surface area contributed by atoms with Gasteiger partial charge in [-0.1, -0.05) is 0 Å². The lowest BCUT2D eigenvalue weighted by Crippen LogP contribution is -2.34. The first-order valence-electron chi connectivity index (χ1n) is 5.00. The largest absolute Gasteiger partial charge is 0.492 e. The molecule has 96 valence electrons. The van der Waals surface area contributed by atoms with Gasteiger partial charge in [0.1, 0.15) is 6.33 Å². The summed E-state index contributed by atoms with van der Waals surface area (Å²) in [6, 6.07) is -0.781. The van der Waals surface area contributed by atoms with Gasteiger partial charge in [-0.3, -0.25) is 14.3 Å². The number of nitrogens with zero attached hydrogens (tertiary/aromatic N) is 4. The molecule has 0 spiro atoms. The summed E-state index contributed by atoms with van der Waals surface area (Å²) in [4.78, 5) is 24.3. The quantitative estimate of drug-likeness (QED) is 0.724. The first kappa shape index (κ1) is 12.0. The molecule has 8 nitrogen and oxygen atoms in total. The van der Waals surface area contributed by atoms with E-state index in [1.54, 1.807) is 12.0 Å². The Morgan fingerprint density at radius 2 is 2.17 bits per heavy atom. The fourth-order valence-corrected chi connectivity index (χ4v) is 1.66. The molecule has 0 aliphatic heterocycles. The highest BCUT2D eigenvalue weighted by atomic mass is 19.1. The number of hydrogen-bond donors (Lipinski definition) is 2. The van der Waals surface area contributed by atoms with Crippen molar-refractivity contribution in [2.45, 2.75) is 13.0 Å². The molecule has 0 radical (unpaired) electrons. The van der Waals surface area contributed by atoms with Gasteiger partial charge in [0.2, 0.25) is 11.7 Å². The Morgan fingerprint density at radius 3 is 2.72 bits per heavy atom. The van der Waals surface area contributed by atoms with Crippen molar-refractivity contribution in [1.29, 1.82) is 0 Å². The van der Waals surface area contributed by atoms with Crippen molar-refractivity contribution in [2.24, 2.45) is 7.05 Å². The normalized spacial score (nSPS) is 12.6. The molecular weight excluding hydrogens is 245 g/mol. The number of halogens is 1. The lowest BCUT2D eigenvalue weighted by Gasteiger charge is -2.15. The van der Waals surface area contributed by atoms with E-state index in [1.165, 1.54) is 17.8 Å². The van der Waals surface area contributed by atoms with Crippen molar-refractivity contribution in [3.8, 4) is 5.88 Å². The van der Waals surface area contributed by atoms with Crippen LogP contribution in [0.1, 0.15) is 18.8 Å². The van der Waals surface area contributed by atoms with Gasteiger partial charge in [-0.2, -0.15) is 4.39 Å². The minimum Gasteiger partial charge on any atom is -0.492 e. The Balaban J connectivity index is 2.66. The van der Waals surface area contributed by atoms with Crippen molar-refractivity contribution in [1.82, 2.24) is 24.3 Å². The maximum absolute atomic E-state index is 13.3. The maximum atomic E-state index is 13.3. The van der Waals surface area contributed by atoms with E-state index in [0.717, 1.165) is 0 Å². The second kappa shape index (κ2) is 4.09. The van der Waals surface area contributed by atoms with E-state index < -0.39 is 29.0 Å². The summed E-state index contributed by atoms with van der Waals surface area (Å²) in [7, 11) is 1.63. The molecular formula is C9H10FN5O3. The van der Waals surface area contributed by atoms with Crippen LogP contribution in [0.2, 0.25) is 0 Å². The number of aromatic hydroxyl groups is 1. The van der Waals surface area contributed by atoms with Gasteiger partial charge in [0, 0.05) is 7.05 Å². The molecule has 9 heteroatoms. The van der Waals surface area contributed by atoms with Gasteiger partial charge < -0.3 is 9.67 Å². The summed E-state index contributed by atoms with van der Waals surface area (Å²) in [6.45, 7) is 1.52. The Hall–Kier alpha value is -2.45. The maximum Gasteiger partial charge on any atom is 0.331 e. The van der Waals surface area contributed by atoms with Gasteiger partial charge in [0.05, 0.1) is 6.04 Å². The van der Waals surface area contributed by atoms with Crippen LogP contribution in [0, 0.1) is 5.82 Å². The minimum absolute atomic E-state index is 0.332. The molecule has 1 atom stereocenters. The Morgan fingerprint density at radius 1 is 1.50 bits per heavy atom. The number of aromatic amines is 1. The molecule has 18 heavy (non-hydrogen) atoms. The van der Waals surface area contributed by atoms with E-state index in [1.807, 2.05) is 0 Å². The molecule has 0 saturated heterocycles. The molecule has 2 rings (SSSR count). The number of aryl methyl sites for hydroxylation is 1. The second-order valence-corrected chi connectivity index (χ2v) is 3.74. The van der Waals surface area contributed by atoms with Crippen LogP contribution in [0.25, 0.3) is 0 Å². The predicted molar refractivity (Wildman–Crippen MR) is 57.8 cm³/mol. The molecule has 0 saturated carbocycles. The highest BCUT2D eigenvalue weighted by Gasteiger charge is 2.22. The third kappa shape index (κ3) is 1.69. The number of rotatable bonds is 2. The summed E-state index contributed by atoms with van der Waals surface area (Å²) in [5.41, 5.74) is -2.19. The molecule has 2 heterocycles. The zero-order chi connectivity index (χ0) is 13.4. The molecule has 0 bridgehead atoms. The zero-order valence-corrected chi connectivity index (χ0v) is 9.59. The Kier molecular flexibility index (Phi) is 2.73. The van der Waals surface area contributed by atoms with Crippen molar-refractivity contribution >= 4 is 0 Å². The van der Waals surface area contributed by atoms with E-state index in [-0.39, 0.29) is 0 Å². The lowest BCUT2D eigenvalue weighted by atomic mass is 10.3. The number of hydrogen-bond acceptors (Lipinski definition) is 5. The average molecular weight is 255 g/mol. The van der Waals surface area contributed by atoms with Gasteiger partial charge in [-0.05, 0) is 6.92 Å². The van der Waals surface area contributed by atoms with E-state index >= 15 is 0 Å². The topological polar surface area (TPSA) is 106 Å². The van der Waals surface area contributed by atoms with Crippen LogP contribution in [-0.4, -0.2) is 29.4 Å². The van der Waals surface area contributed by atoms with Crippen molar-refractivity contribution < 1.29 is 9.50 Å². The van der Waals surface area contributed by atoms with Crippen molar-refractivity contribution in [3.63, 3.8) is 0 Å². The summed E-state index contributed by atoms with van der Waals surface area (Å²) in [5, 5.41) is 16.9. The number of aromatic nitrogens is 5. The van der Waals surface area contributed by atoms with E-state index in [4.69, 9.17) is 0 Å². The van der Waals surface area contributed by atoms with Crippen molar-refractivity contribution in [3.05, 3.63) is 38.8 Å². The summed E-state index contributed by atoms with van der Waals surface area (Å²) in [6.07, 6.45) is 1.40. The minimum atomic E-state index is -1.41. The van der Waals surface area contributed by atoms with Crippen LogP contribution in [0.3, 0.4) is 0 Å². The van der Waals surface area contributed by atoms with Crippen LogP contribution >= 0.6 is 0 Å². The molecule has 2 N–H and O–H groups in total. The number of nitrogens with one attached hydrogen (secondary N) is 1. The van der Waals surface area contributed by atoms with Gasteiger partial charge >= 0.3 is 5.69 Å². The molecule has 0 aliphatic rings. The summed E-state index contributed by atoms with van der Waals surface area (Å²) in [5.74, 6) is -2.11. The summed E-state index contributed by atoms with van der Waals surface area (Å²) >= 11 is 0. The standard InChI is InChI=1S/C9H10FN5O3/c1-4(6-13-11-3-14(6)2)15-8(17)5(10)7(16)12-9(15)18/h3-4,17H,1-2H3,(H,12,16,18). The molecule has 1 unspecified atom stereocenters. The van der Waals surface area contributed by atoms with Crippen molar-refractivity contribution in [2.75, 3.05) is 0 Å². The van der Waals surface area contributed by atoms with Gasteiger partial charge in [-0.15, -0.1) is 10.2 Å². The van der Waals surface area contributed by atoms with Gasteiger partial charge in [0.25, 0.3) is 5.56 Å². The second-order valence-electron chi connectivity index (χ2n) is 3.74. The lowest BCUT2D eigenvalue weighted by molar-refractivity contribution is 0.346. The van der Waals surface area contributed by atoms with Gasteiger partial charge in [-0.25, -0.2) is 4.79 Å². The molecule has 0 amide bonds. The third-order valence-corrected chi connectivity index (χ3v) is 2.57. The molecule has 2 aromatic rings. The molecule has 0 fully saturated rings. The first-order chi connectivity index (χ1) is 8.43. The van der Waals surface area contributed by atoms with Crippen LogP contribution < -0.4 is 11.2 Å². The first-order valence-corrected chi connectivity index (χ1v) is 5.00. The Bertz CT molecular complexity index is 701. The average Bonchev–Trinajstić information content (AvgIpc) is 2.72. The SMILES string of the molecule is CC(c1nncn1C)n1c(O)c(F)c(=O)[nH]c1=O. The summed E-state index contributed by atoms with van der Waals surface area (Å²) < 4.78 is 15.5. The zero-order valence-electron chi connectivity index (χ0n) is 9.59. The van der Waals surface area contributed by atoms with E-state index in [9.17, 15) is 19.1 Å². The van der Waals surface area contributed by atoms with Crippen LogP contribution in [0.15, 0.2) is 15.9 Å². The van der Waals surface area contributed by atoms with Crippen LogP contribution in [0.5, 0.6) is 5.88 Å². The Labute approximate surface area is 99.3 Å². The predicted octanol–water partition coefficient (Wildman–Crippen LogP) is -0.881. The highest BCUT2D eigenvalue weighted by molar-refractivity contribution is 5.13. The highest BCUT2D eigenvalue weighted by Crippen LogP contribution is 2.18. The van der Waals surface area contributed by atoms with Crippen LogP contribution in [0.4, 0.5) is 4.39 Å². The third-order valence-electron chi connectivity index (χ3n) is 2.57. The van der Waals surface area contributed by atoms with E-state index in [2.05, 4.69) is 10.2 Å². The van der Waals surface area contributed by atoms with Crippen LogP contribution in [-0.2, 0) is 7.05 Å². The molecule has 2 aromatic heterocycles. The number of H-pyrrole nitrogens is 1. The van der Waals surface area contributed by atoms with E-state index in [0.29, 0.717) is 10.4 Å². The fourth-order valence-electron chi connectivity index (χ4n) is 1.66. The fraction of sp³-hybridized carbons (Fsp3) is 0.333. The molecule has 0 aromatic carbocycles.